The fourth-order valence-corrected chi connectivity index (χ4v) is 0.960. The maximum atomic E-state index is 10.6. The standard InChI is InChI=1S/C9H17NO2/c1-2-5-8(9(11)12)6-3-4-7-10/h6H,2-5,7,10H2,1H3,(H,11,12)/b8-6+. The van der Waals surface area contributed by atoms with Gasteiger partial charge in [0.25, 0.3) is 0 Å². The van der Waals surface area contributed by atoms with Crippen LogP contribution in [0.15, 0.2) is 11.6 Å². The number of allylic oxidation sites excluding steroid dienone is 1. The van der Waals surface area contributed by atoms with Crippen molar-refractivity contribution < 1.29 is 9.90 Å². The zero-order valence-corrected chi connectivity index (χ0v) is 7.55. The Bertz CT molecular complexity index is 164. The first-order valence-electron chi connectivity index (χ1n) is 4.34. The third kappa shape index (κ3) is 4.91. The van der Waals surface area contributed by atoms with Crippen molar-refractivity contribution in [3.8, 4) is 0 Å². The van der Waals surface area contributed by atoms with Gasteiger partial charge in [-0.05, 0) is 25.8 Å². The lowest BCUT2D eigenvalue weighted by molar-refractivity contribution is -0.132. The van der Waals surface area contributed by atoms with Crippen LogP contribution in [0.1, 0.15) is 32.6 Å². The lowest BCUT2D eigenvalue weighted by Gasteiger charge is -1.98. The molecule has 0 aromatic heterocycles. The van der Waals surface area contributed by atoms with E-state index in [-0.39, 0.29) is 0 Å². The molecule has 0 saturated carbocycles. The van der Waals surface area contributed by atoms with Gasteiger partial charge in [-0.1, -0.05) is 19.4 Å². The maximum absolute atomic E-state index is 10.6. The summed E-state index contributed by atoms with van der Waals surface area (Å²) >= 11 is 0. The number of carboxylic acids is 1. The van der Waals surface area contributed by atoms with E-state index in [0.29, 0.717) is 18.5 Å². The largest absolute Gasteiger partial charge is 0.478 e. The highest BCUT2D eigenvalue weighted by molar-refractivity contribution is 5.86. The van der Waals surface area contributed by atoms with Gasteiger partial charge in [0.05, 0.1) is 0 Å². The number of hydrogen-bond donors (Lipinski definition) is 2. The zero-order valence-electron chi connectivity index (χ0n) is 7.55. The molecule has 0 spiro atoms. The summed E-state index contributed by atoms with van der Waals surface area (Å²) < 4.78 is 0. The Hall–Kier alpha value is -0.830. The van der Waals surface area contributed by atoms with Crippen LogP contribution in [-0.4, -0.2) is 17.6 Å². The van der Waals surface area contributed by atoms with Crippen molar-refractivity contribution in [2.45, 2.75) is 32.6 Å². The molecule has 0 aromatic carbocycles. The van der Waals surface area contributed by atoms with Crippen LogP contribution in [0.5, 0.6) is 0 Å². The van der Waals surface area contributed by atoms with Crippen LogP contribution in [0, 0.1) is 0 Å². The molecule has 0 fully saturated rings. The minimum Gasteiger partial charge on any atom is -0.478 e. The molecule has 0 rings (SSSR count). The lowest BCUT2D eigenvalue weighted by atomic mass is 10.1. The van der Waals surface area contributed by atoms with E-state index in [1.165, 1.54) is 0 Å². The Kier molecular flexibility index (Phi) is 6.38. The first-order valence-corrected chi connectivity index (χ1v) is 4.34. The first-order chi connectivity index (χ1) is 5.72. The summed E-state index contributed by atoms with van der Waals surface area (Å²) in [6.45, 7) is 2.59. The van der Waals surface area contributed by atoms with Crippen LogP contribution in [-0.2, 0) is 4.79 Å². The molecule has 0 heterocycles. The van der Waals surface area contributed by atoms with E-state index in [4.69, 9.17) is 10.8 Å². The molecule has 0 saturated heterocycles. The summed E-state index contributed by atoms with van der Waals surface area (Å²) in [6, 6.07) is 0. The SMILES string of the molecule is CCC/C(=C\CCCN)C(=O)O. The van der Waals surface area contributed by atoms with Crippen LogP contribution >= 0.6 is 0 Å². The Morgan fingerprint density at radius 3 is 2.67 bits per heavy atom. The fourth-order valence-electron chi connectivity index (χ4n) is 0.960. The minimum atomic E-state index is -0.797. The van der Waals surface area contributed by atoms with Crippen LogP contribution in [0.25, 0.3) is 0 Å². The molecule has 3 heteroatoms. The Morgan fingerprint density at radius 1 is 1.58 bits per heavy atom. The predicted molar refractivity (Wildman–Crippen MR) is 48.9 cm³/mol. The second kappa shape index (κ2) is 6.85. The third-order valence-electron chi connectivity index (χ3n) is 1.59. The van der Waals surface area contributed by atoms with Crippen LogP contribution < -0.4 is 5.73 Å². The Labute approximate surface area is 73.3 Å². The molecule has 0 bridgehead atoms. The van der Waals surface area contributed by atoms with E-state index in [1.54, 1.807) is 6.08 Å². The summed E-state index contributed by atoms with van der Waals surface area (Å²) in [5.41, 5.74) is 5.81. The zero-order chi connectivity index (χ0) is 9.40. The second-order valence-electron chi connectivity index (χ2n) is 2.72. The van der Waals surface area contributed by atoms with Crippen LogP contribution in [0.4, 0.5) is 0 Å². The number of aliphatic carboxylic acids is 1. The van der Waals surface area contributed by atoms with Crippen LogP contribution in [0.2, 0.25) is 0 Å². The molecule has 0 aromatic rings. The predicted octanol–water partition coefficient (Wildman–Crippen LogP) is 1.54. The molecule has 0 amide bonds. The number of rotatable bonds is 6. The maximum Gasteiger partial charge on any atom is 0.331 e. The summed E-state index contributed by atoms with van der Waals surface area (Å²) in [6.07, 6.45) is 4.94. The molecule has 0 aliphatic heterocycles. The van der Waals surface area contributed by atoms with E-state index < -0.39 is 5.97 Å². The van der Waals surface area contributed by atoms with Crippen molar-refractivity contribution in [3.05, 3.63) is 11.6 Å². The van der Waals surface area contributed by atoms with Gasteiger partial charge in [-0.2, -0.15) is 0 Å². The van der Waals surface area contributed by atoms with Gasteiger partial charge in [0.2, 0.25) is 0 Å². The van der Waals surface area contributed by atoms with Gasteiger partial charge >= 0.3 is 5.97 Å². The second-order valence-corrected chi connectivity index (χ2v) is 2.72. The summed E-state index contributed by atoms with van der Waals surface area (Å²) in [5, 5.41) is 8.70. The van der Waals surface area contributed by atoms with Crippen molar-refractivity contribution in [2.75, 3.05) is 6.54 Å². The molecule has 3 N–H and O–H groups in total. The van der Waals surface area contributed by atoms with Crippen molar-refractivity contribution in [2.24, 2.45) is 5.73 Å². The van der Waals surface area contributed by atoms with E-state index in [0.717, 1.165) is 19.3 Å². The van der Waals surface area contributed by atoms with Crippen molar-refractivity contribution in [1.29, 1.82) is 0 Å². The third-order valence-corrected chi connectivity index (χ3v) is 1.59. The van der Waals surface area contributed by atoms with Gasteiger partial charge in [0, 0.05) is 5.57 Å². The highest BCUT2D eigenvalue weighted by atomic mass is 16.4. The molecule has 70 valence electrons. The number of carboxylic acid groups (broad SMARTS) is 1. The topological polar surface area (TPSA) is 63.3 Å². The molecule has 0 atom stereocenters. The highest BCUT2D eigenvalue weighted by Crippen LogP contribution is 2.06. The molecule has 0 aliphatic rings. The van der Waals surface area contributed by atoms with Gasteiger partial charge in [0.15, 0.2) is 0 Å². The van der Waals surface area contributed by atoms with Gasteiger partial charge in [0.1, 0.15) is 0 Å². The first kappa shape index (κ1) is 11.2. The van der Waals surface area contributed by atoms with E-state index in [9.17, 15) is 4.79 Å². The molecule has 0 unspecified atom stereocenters. The molecular weight excluding hydrogens is 154 g/mol. The summed E-state index contributed by atoms with van der Waals surface area (Å²) in [4.78, 5) is 10.6. The average molecular weight is 171 g/mol. The number of hydrogen-bond acceptors (Lipinski definition) is 2. The number of nitrogens with two attached hydrogens (primary N) is 1. The molecule has 3 nitrogen and oxygen atoms in total. The lowest BCUT2D eigenvalue weighted by Crippen LogP contribution is -2.01. The molecule has 0 radical (unpaired) electrons. The number of carbonyl (C=O) groups is 1. The smallest absolute Gasteiger partial charge is 0.331 e. The normalized spacial score (nSPS) is 11.7. The van der Waals surface area contributed by atoms with Gasteiger partial charge in [-0.15, -0.1) is 0 Å². The molecule has 0 aliphatic carbocycles. The Morgan fingerprint density at radius 2 is 2.25 bits per heavy atom. The van der Waals surface area contributed by atoms with E-state index in [2.05, 4.69) is 0 Å². The Balaban J connectivity index is 3.90. The quantitative estimate of drug-likeness (QED) is 0.470. The number of unbranched alkanes of at least 4 members (excludes halogenated alkanes) is 1. The molecular formula is C9H17NO2. The van der Waals surface area contributed by atoms with E-state index >= 15 is 0 Å². The average Bonchev–Trinajstić information content (AvgIpc) is 2.03. The van der Waals surface area contributed by atoms with Crippen molar-refractivity contribution >= 4 is 5.97 Å². The minimum absolute atomic E-state index is 0.519. The summed E-state index contributed by atoms with van der Waals surface area (Å²) in [5.74, 6) is -0.797. The highest BCUT2D eigenvalue weighted by Gasteiger charge is 2.03. The monoisotopic (exact) mass is 171 g/mol. The van der Waals surface area contributed by atoms with E-state index in [1.807, 2.05) is 6.92 Å². The van der Waals surface area contributed by atoms with Crippen molar-refractivity contribution in [1.82, 2.24) is 0 Å². The summed E-state index contributed by atoms with van der Waals surface area (Å²) in [7, 11) is 0. The van der Waals surface area contributed by atoms with Crippen LogP contribution in [0.3, 0.4) is 0 Å². The van der Waals surface area contributed by atoms with Gasteiger partial charge in [-0.25, -0.2) is 4.79 Å². The van der Waals surface area contributed by atoms with Crippen molar-refractivity contribution in [3.63, 3.8) is 0 Å². The molecule has 12 heavy (non-hydrogen) atoms. The fraction of sp³-hybridized carbons (Fsp3) is 0.667. The van der Waals surface area contributed by atoms with Gasteiger partial charge < -0.3 is 10.8 Å². The van der Waals surface area contributed by atoms with Gasteiger partial charge in [-0.3, -0.25) is 0 Å².